The molecule has 1 N–H and O–H groups in total. The molecule has 1 heterocycles. The van der Waals surface area contributed by atoms with E-state index in [1.165, 1.54) is 6.07 Å². The fourth-order valence-corrected chi connectivity index (χ4v) is 2.57. The number of nitrogens with one attached hydrogen (secondary N) is 1. The lowest BCUT2D eigenvalue weighted by Crippen LogP contribution is -2.27. The molecule has 0 bridgehead atoms. The molecule has 2 nitrogen and oxygen atoms in total. The van der Waals surface area contributed by atoms with Crippen LogP contribution in [0.2, 0.25) is 0 Å². The topological polar surface area (TPSA) is 21.3 Å². The highest BCUT2D eigenvalue weighted by molar-refractivity contribution is 9.10. The van der Waals surface area contributed by atoms with E-state index in [4.69, 9.17) is 4.74 Å². The van der Waals surface area contributed by atoms with Crippen molar-refractivity contribution >= 4 is 15.9 Å². The van der Waals surface area contributed by atoms with Crippen LogP contribution in [0.15, 0.2) is 16.6 Å². The maximum atomic E-state index is 13.5. The van der Waals surface area contributed by atoms with Crippen molar-refractivity contribution in [2.45, 2.75) is 25.5 Å². The lowest BCUT2D eigenvalue weighted by molar-refractivity contribution is 0.183. The number of hydrogen-bond acceptors (Lipinski definition) is 2. The summed E-state index contributed by atoms with van der Waals surface area (Å²) >= 11 is 3.43. The van der Waals surface area contributed by atoms with E-state index in [9.17, 15) is 4.39 Å². The lowest BCUT2D eigenvalue weighted by atomic mass is 10.0. The average molecular weight is 274 g/mol. The number of hydrogen-bond donors (Lipinski definition) is 1. The van der Waals surface area contributed by atoms with Gasteiger partial charge in [-0.3, -0.25) is 0 Å². The first-order valence-corrected chi connectivity index (χ1v) is 5.80. The van der Waals surface area contributed by atoms with Crippen LogP contribution in [0.25, 0.3) is 0 Å². The summed E-state index contributed by atoms with van der Waals surface area (Å²) in [5.74, 6) is 0.0972. The number of rotatable bonds is 2. The molecule has 2 atom stereocenters. The summed E-state index contributed by atoms with van der Waals surface area (Å²) in [7, 11) is 1.86. The SMILES string of the molecule is CCC1Oc2c(F)ccc(Br)c2C1NC. The Labute approximate surface area is 96.9 Å². The average Bonchev–Trinajstić information content (AvgIpc) is 2.63. The highest BCUT2D eigenvalue weighted by Gasteiger charge is 2.35. The minimum Gasteiger partial charge on any atom is -0.485 e. The molecular formula is C11H13BrFNO. The molecule has 0 fully saturated rings. The zero-order chi connectivity index (χ0) is 11.0. The van der Waals surface area contributed by atoms with Gasteiger partial charge in [0.1, 0.15) is 6.10 Å². The van der Waals surface area contributed by atoms with Crippen LogP contribution < -0.4 is 10.1 Å². The molecule has 0 saturated heterocycles. The summed E-state index contributed by atoms with van der Waals surface area (Å²) in [6, 6.07) is 3.21. The van der Waals surface area contributed by atoms with Gasteiger partial charge in [0.05, 0.1) is 6.04 Å². The van der Waals surface area contributed by atoms with E-state index in [1.807, 2.05) is 14.0 Å². The first-order chi connectivity index (χ1) is 7.19. The largest absolute Gasteiger partial charge is 0.485 e. The molecule has 2 unspecified atom stereocenters. The van der Waals surface area contributed by atoms with E-state index in [2.05, 4.69) is 21.2 Å². The van der Waals surface area contributed by atoms with Crippen molar-refractivity contribution < 1.29 is 9.13 Å². The van der Waals surface area contributed by atoms with E-state index < -0.39 is 0 Å². The van der Waals surface area contributed by atoms with Crippen LogP contribution in [-0.4, -0.2) is 13.2 Å². The molecule has 1 aromatic rings. The van der Waals surface area contributed by atoms with Gasteiger partial charge >= 0.3 is 0 Å². The van der Waals surface area contributed by atoms with Gasteiger partial charge in [0.25, 0.3) is 0 Å². The molecule has 2 rings (SSSR count). The minimum absolute atomic E-state index is 0.0122. The Hall–Kier alpha value is -0.610. The molecule has 0 radical (unpaired) electrons. The molecule has 0 amide bonds. The third kappa shape index (κ3) is 1.66. The van der Waals surface area contributed by atoms with Gasteiger partial charge in [-0.05, 0) is 25.6 Å². The normalized spacial score (nSPS) is 23.7. The third-order valence-corrected chi connectivity index (χ3v) is 3.45. The van der Waals surface area contributed by atoms with Crippen LogP contribution in [0.3, 0.4) is 0 Å². The molecule has 0 aromatic heterocycles. The van der Waals surface area contributed by atoms with Crippen molar-refractivity contribution in [1.82, 2.24) is 5.32 Å². The van der Waals surface area contributed by atoms with Crippen LogP contribution in [-0.2, 0) is 0 Å². The molecule has 15 heavy (non-hydrogen) atoms. The van der Waals surface area contributed by atoms with Crippen molar-refractivity contribution in [1.29, 1.82) is 0 Å². The Morgan fingerprint density at radius 3 is 2.87 bits per heavy atom. The van der Waals surface area contributed by atoms with Crippen molar-refractivity contribution in [3.63, 3.8) is 0 Å². The maximum absolute atomic E-state index is 13.5. The zero-order valence-electron chi connectivity index (χ0n) is 8.68. The predicted molar refractivity (Wildman–Crippen MR) is 60.6 cm³/mol. The first-order valence-electron chi connectivity index (χ1n) is 5.00. The molecule has 1 aliphatic rings. The van der Waals surface area contributed by atoms with E-state index in [-0.39, 0.29) is 18.0 Å². The van der Waals surface area contributed by atoms with E-state index >= 15 is 0 Å². The van der Waals surface area contributed by atoms with Gasteiger partial charge in [0.15, 0.2) is 11.6 Å². The summed E-state index contributed by atoms with van der Waals surface area (Å²) in [4.78, 5) is 0. The van der Waals surface area contributed by atoms with Gasteiger partial charge in [-0.1, -0.05) is 22.9 Å². The van der Waals surface area contributed by atoms with Crippen LogP contribution in [0, 0.1) is 5.82 Å². The molecule has 0 aliphatic carbocycles. The second kappa shape index (κ2) is 4.10. The fourth-order valence-electron chi connectivity index (χ4n) is 2.01. The summed E-state index contributed by atoms with van der Waals surface area (Å²) in [5.41, 5.74) is 0.893. The van der Waals surface area contributed by atoms with E-state index in [0.717, 1.165) is 16.5 Å². The number of halogens is 2. The van der Waals surface area contributed by atoms with Gasteiger partial charge in [0.2, 0.25) is 0 Å². The summed E-state index contributed by atoms with van der Waals surface area (Å²) in [6.07, 6.45) is 0.865. The molecule has 1 aliphatic heterocycles. The Morgan fingerprint density at radius 2 is 2.27 bits per heavy atom. The fraction of sp³-hybridized carbons (Fsp3) is 0.455. The van der Waals surface area contributed by atoms with E-state index in [0.29, 0.717) is 5.75 Å². The monoisotopic (exact) mass is 273 g/mol. The number of ether oxygens (including phenoxy) is 1. The highest BCUT2D eigenvalue weighted by Crippen LogP contribution is 2.43. The Kier molecular flexibility index (Phi) is 2.98. The molecular weight excluding hydrogens is 261 g/mol. The Bertz CT molecular complexity index is 383. The van der Waals surface area contributed by atoms with Gasteiger partial charge in [-0.2, -0.15) is 0 Å². The second-order valence-electron chi connectivity index (χ2n) is 3.60. The molecule has 82 valence electrons. The van der Waals surface area contributed by atoms with Crippen molar-refractivity contribution in [3.8, 4) is 5.75 Å². The number of likely N-dealkylation sites (N-methyl/N-ethyl adjacent to an activating group) is 1. The number of fused-ring (bicyclic) bond motifs is 1. The second-order valence-corrected chi connectivity index (χ2v) is 4.46. The minimum atomic E-state index is -0.288. The molecule has 1 aromatic carbocycles. The van der Waals surface area contributed by atoms with Crippen LogP contribution >= 0.6 is 15.9 Å². The molecule has 0 saturated carbocycles. The summed E-state index contributed by atoms with van der Waals surface area (Å²) in [5, 5.41) is 3.17. The van der Waals surface area contributed by atoms with E-state index in [1.54, 1.807) is 6.07 Å². The molecule has 0 spiro atoms. The first kappa shape index (κ1) is 10.9. The van der Waals surface area contributed by atoms with Crippen molar-refractivity contribution in [3.05, 3.63) is 28.0 Å². The summed E-state index contributed by atoms with van der Waals surface area (Å²) < 4.78 is 20.0. The Morgan fingerprint density at radius 1 is 1.53 bits per heavy atom. The van der Waals surface area contributed by atoms with Crippen LogP contribution in [0.4, 0.5) is 4.39 Å². The zero-order valence-corrected chi connectivity index (χ0v) is 10.3. The summed E-state index contributed by atoms with van der Waals surface area (Å²) in [6.45, 7) is 2.03. The van der Waals surface area contributed by atoms with Crippen LogP contribution in [0.1, 0.15) is 24.9 Å². The number of benzene rings is 1. The van der Waals surface area contributed by atoms with Crippen LogP contribution in [0.5, 0.6) is 5.75 Å². The standard InChI is InChI=1S/C11H13BrFNO/c1-3-8-10(14-2)9-6(12)4-5-7(13)11(9)15-8/h4-5,8,10,14H,3H2,1-2H3. The van der Waals surface area contributed by atoms with Crippen molar-refractivity contribution in [2.24, 2.45) is 0 Å². The maximum Gasteiger partial charge on any atom is 0.165 e. The molecule has 4 heteroatoms. The quantitative estimate of drug-likeness (QED) is 0.895. The predicted octanol–water partition coefficient (Wildman–Crippen LogP) is 3.02. The van der Waals surface area contributed by atoms with Gasteiger partial charge in [-0.15, -0.1) is 0 Å². The Balaban J connectivity index is 2.51. The smallest absolute Gasteiger partial charge is 0.165 e. The van der Waals surface area contributed by atoms with Crippen molar-refractivity contribution in [2.75, 3.05) is 7.05 Å². The lowest BCUT2D eigenvalue weighted by Gasteiger charge is -2.16. The highest BCUT2D eigenvalue weighted by atomic mass is 79.9. The van der Waals surface area contributed by atoms with Gasteiger partial charge < -0.3 is 10.1 Å². The van der Waals surface area contributed by atoms with Gasteiger partial charge in [-0.25, -0.2) is 4.39 Å². The van der Waals surface area contributed by atoms with Gasteiger partial charge in [0, 0.05) is 10.0 Å². The third-order valence-electron chi connectivity index (χ3n) is 2.76.